The van der Waals surface area contributed by atoms with Crippen molar-refractivity contribution in [3.63, 3.8) is 0 Å². The lowest BCUT2D eigenvalue weighted by Gasteiger charge is -2.41. The molecule has 7 heteroatoms. The van der Waals surface area contributed by atoms with Gasteiger partial charge < -0.3 is 19.5 Å². The number of ether oxygens (including phenoxy) is 3. The van der Waals surface area contributed by atoms with Gasteiger partial charge in [0.25, 0.3) is 0 Å². The number of halogens is 1. The fourth-order valence-electron chi connectivity index (χ4n) is 5.03. The normalized spacial score (nSPS) is 21.0. The highest BCUT2D eigenvalue weighted by molar-refractivity contribution is 6.32. The number of para-hydroxylation sites is 1. The smallest absolute Gasteiger partial charge is 0.336 e. The third-order valence-corrected chi connectivity index (χ3v) is 6.84. The molecule has 0 radical (unpaired) electrons. The van der Waals surface area contributed by atoms with E-state index in [0.717, 1.165) is 16.8 Å². The zero-order chi connectivity index (χ0) is 25.3. The molecule has 2 atom stereocenters. The van der Waals surface area contributed by atoms with E-state index < -0.39 is 17.8 Å². The summed E-state index contributed by atoms with van der Waals surface area (Å²) in [5.74, 6) is -0.175. The average Bonchev–Trinajstić information content (AvgIpc) is 2.81. The van der Waals surface area contributed by atoms with Crippen LogP contribution in [0.5, 0.6) is 11.5 Å². The SMILES string of the molecule is COC(=O)C1=C(C)NC2=CC(C)(C)CC(=O)C2C1c1ccc(OC)c(COc2ccccc2Cl)c1. The number of nitrogens with one attached hydrogen (secondary N) is 1. The third-order valence-electron chi connectivity index (χ3n) is 6.53. The van der Waals surface area contributed by atoms with Crippen LogP contribution in [0.3, 0.4) is 0 Å². The van der Waals surface area contributed by atoms with Crippen molar-refractivity contribution in [3.05, 3.63) is 81.7 Å². The average molecular weight is 496 g/mol. The predicted octanol–water partition coefficient (Wildman–Crippen LogP) is 5.56. The lowest BCUT2D eigenvalue weighted by atomic mass is 9.66. The zero-order valence-electron chi connectivity index (χ0n) is 20.6. The van der Waals surface area contributed by atoms with Crippen molar-refractivity contribution in [3.8, 4) is 11.5 Å². The maximum absolute atomic E-state index is 13.4. The van der Waals surface area contributed by atoms with Crippen molar-refractivity contribution < 1.29 is 23.8 Å². The molecule has 2 aliphatic rings. The summed E-state index contributed by atoms with van der Waals surface area (Å²) in [6, 6.07) is 12.9. The maximum Gasteiger partial charge on any atom is 0.336 e. The first-order valence-corrected chi connectivity index (χ1v) is 11.9. The molecule has 1 aliphatic carbocycles. The molecule has 2 aromatic carbocycles. The second kappa shape index (κ2) is 9.78. The third kappa shape index (κ3) is 4.94. The van der Waals surface area contributed by atoms with E-state index in [4.69, 9.17) is 25.8 Å². The molecule has 184 valence electrons. The number of benzene rings is 2. The van der Waals surface area contributed by atoms with Crippen molar-refractivity contribution in [2.24, 2.45) is 11.3 Å². The second-order valence-corrected chi connectivity index (χ2v) is 10.0. The van der Waals surface area contributed by atoms with Gasteiger partial charge in [0.2, 0.25) is 0 Å². The predicted molar refractivity (Wildman–Crippen MR) is 134 cm³/mol. The van der Waals surface area contributed by atoms with E-state index in [2.05, 4.69) is 11.4 Å². The monoisotopic (exact) mass is 495 g/mol. The van der Waals surface area contributed by atoms with Crippen LogP contribution in [-0.2, 0) is 20.9 Å². The lowest BCUT2D eigenvalue weighted by Crippen LogP contribution is -2.43. The largest absolute Gasteiger partial charge is 0.496 e. The van der Waals surface area contributed by atoms with Gasteiger partial charge in [-0.3, -0.25) is 4.79 Å². The minimum atomic E-state index is -0.508. The number of hydrogen-bond acceptors (Lipinski definition) is 6. The number of ketones is 1. The van der Waals surface area contributed by atoms with E-state index in [9.17, 15) is 9.59 Å². The highest BCUT2D eigenvalue weighted by Gasteiger charge is 2.46. The molecule has 1 N–H and O–H groups in total. The molecule has 0 bridgehead atoms. The molecular weight excluding hydrogens is 466 g/mol. The van der Waals surface area contributed by atoms with E-state index in [1.54, 1.807) is 19.2 Å². The van der Waals surface area contributed by atoms with Crippen LogP contribution < -0.4 is 14.8 Å². The van der Waals surface area contributed by atoms with Gasteiger partial charge in [-0.25, -0.2) is 4.79 Å². The summed E-state index contributed by atoms with van der Waals surface area (Å²) < 4.78 is 16.7. The van der Waals surface area contributed by atoms with Gasteiger partial charge in [0.05, 0.1) is 30.7 Å². The first kappa shape index (κ1) is 24.9. The van der Waals surface area contributed by atoms with Gasteiger partial charge in [-0.2, -0.15) is 0 Å². The van der Waals surface area contributed by atoms with E-state index in [1.807, 2.05) is 51.1 Å². The van der Waals surface area contributed by atoms with Gasteiger partial charge in [-0.15, -0.1) is 0 Å². The number of hydrogen-bond donors (Lipinski definition) is 1. The molecule has 0 amide bonds. The molecule has 2 unspecified atom stereocenters. The number of allylic oxidation sites excluding steroid dienone is 3. The molecule has 0 saturated carbocycles. The Morgan fingerprint density at radius 1 is 1.11 bits per heavy atom. The van der Waals surface area contributed by atoms with E-state index >= 15 is 0 Å². The van der Waals surface area contributed by atoms with Crippen molar-refractivity contribution in [2.75, 3.05) is 14.2 Å². The minimum Gasteiger partial charge on any atom is -0.496 e. The number of rotatable bonds is 6. The fraction of sp³-hybridized carbons (Fsp3) is 0.357. The summed E-state index contributed by atoms with van der Waals surface area (Å²) >= 11 is 6.25. The van der Waals surface area contributed by atoms with E-state index in [0.29, 0.717) is 34.2 Å². The standard InChI is InChI=1S/C28H30ClNO5/c1-16-24(27(32)34-5)25(26-20(30-16)13-28(2,3)14-21(26)31)17-10-11-22(33-4)18(12-17)15-35-23-9-7-6-8-19(23)29/h6-13,25-26,30H,14-15H2,1-5H3. The summed E-state index contributed by atoms with van der Waals surface area (Å²) in [7, 11) is 2.95. The van der Waals surface area contributed by atoms with Crippen molar-refractivity contribution in [2.45, 2.75) is 39.7 Å². The van der Waals surface area contributed by atoms with Crippen molar-refractivity contribution in [1.82, 2.24) is 5.32 Å². The number of Topliss-reactive ketones (excluding diaryl/α,β-unsaturated/α-hetero) is 1. The van der Waals surface area contributed by atoms with Gasteiger partial charge in [0.15, 0.2) is 0 Å². The summed E-state index contributed by atoms with van der Waals surface area (Å²) in [5, 5.41) is 3.83. The summed E-state index contributed by atoms with van der Waals surface area (Å²) in [4.78, 5) is 26.3. The van der Waals surface area contributed by atoms with Gasteiger partial charge in [-0.05, 0) is 42.2 Å². The van der Waals surface area contributed by atoms with Crippen LogP contribution >= 0.6 is 11.6 Å². The van der Waals surface area contributed by atoms with Crippen molar-refractivity contribution in [1.29, 1.82) is 0 Å². The Morgan fingerprint density at radius 2 is 1.86 bits per heavy atom. The molecule has 6 nitrogen and oxygen atoms in total. The lowest BCUT2D eigenvalue weighted by molar-refractivity contribution is -0.136. The molecule has 0 saturated heterocycles. The van der Waals surface area contributed by atoms with E-state index in [-0.39, 0.29) is 17.8 Å². The quantitative estimate of drug-likeness (QED) is 0.529. The topological polar surface area (TPSA) is 73.9 Å². The minimum absolute atomic E-state index is 0.0867. The Bertz CT molecular complexity index is 1230. The Morgan fingerprint density at radius 3 is 2.54 bits per heavy atom. The van der Waals surface area contributed by atoms with Crippen LogP contribution in [0.2, 0.25) is 5.02 Å². The molecule has 0 spiro atoms. The zero-order valence-corrected chi connectivity index (χ0v) is 21.4. The first-order valence-electron chi connectivity index (χ1n) is 11.5. The van der Waals surface area contributed by atoms with Gasteiger partial charge in [0, 0.05) is 29.3 Å². The molecule has 1 aliphatic heterocycles. The van der Waals surface area contributed by atoms with Crippen LogP contribution in [0.25, 0.3) is 0 Å². The number of carbonyl (C=O) groups is 2. The van der Waals surface area contributed by atoms with Crippen LogP contribution in [0.4, 0.5) is 0 Å². The fourth-order valence-corrected chi connectivity index (χ4v) is 5.22. The molecule has 4 rings (SSSR count). The van der Waals surface area contributed by atoms with Gasteiger partial charge in [0.1, 0.15) is 23.9 Å². The van der Waals surface area contributed by atoms with Crippen LogP contribution in [-0.4, -0.2) is 26.0 Å². The maximum atomic E-state index is 13.4. The number of carbonyl (C=O) groups excluding carboxylic acids is 2. The summed E-state index contributed by atoms with van der Waals surface area (Å²) in [6.07, 6.45) is 2.50. The molecule has 0 fully saturated rings. The molecule has 0 aromatic heterocycles. The Balaban J connectivity index is 1.80. The first-order chi connectivity index (χ1) is 16.6. The second-order valence-electron chi connectivity index (χ2n) is 9.63. The highest BCUT2D eigenvalue weighted by Crippen LogP contribution is 2.47. The number of esters is 1. The molecule has 35 heavy (non-hydrogen) atoms. The van der Waals surface area contributed by atoms with Crippen LogP contribution in [0.15, 0.2) is 65.5 Å². The van der Waals surface area contributed by atoms with Gasteiger partial charge in [-0.1, -0.05) is 49.7 Å². The highest BCUT2D eigenvalue weighted by atomic mass is 35.5. The van der Waals surface area contributed by atoms with E-state index in [1.165, 1.54) is 7.11 Å². The summed E-state index contributed by atoms with van der Waals surface area (Å²) in [6.45, 7) is 6.12. The number of methoxy groups -OCH3 is 2. The van der Waals surface area contributed by atoms with Crippen LogP contribution in [0, 0.1) is 11.3 Å². The Hall–Kier alpha value is -3.25. The Kier molecular flexibility index (Phi) is 6.95. The molecule has 1 heterocycles. The van der Waals surface area contributed by atoms with Gasteiger partial charge >= 0.3 is 5.97 Å². The molecular formula is C28H30ClNO5. The van der Waals surface area contributed by atoms with Crippen molar-refractivity contribution >= 4 is 23.4 Å². The molecule has 2 aromatic rings. The Labute approximate surface area is 210 Å². The number of fused-ring (bicyclic) bond motifs is 1. The summed E-state index contributed by atoms with van der Waals surface area (Å²) in [5.41, 5.74) is 3.28. The van der Waals surface area contributed by atoms with Crippen LogP contribution in [0.1, 0.15) is 44.2 Å².